The van der Waals surface area contributed by atoms with Crippen molar-refractivity contribution < 1.29 is 14.6 Å². The molecule has 13 heavy (non-hydrogen) atoms. The Kier molecular flexibility index (Phi) is 2.71. The fourth-order valence-corrected chi connectivity index (χ4v) is 1.16. The van der Waals surface area contributed by atoms with Gasteiger partial charge in [-0.25, -0.2) is 0 Å². The Morgan fingerprint density at radius 3 is 2.77 bits per heavy atom. The number of aliphatic hydroxyl groups excluding tert-OH is 1. The molecule has 1 fully saturated rings. The summed E-state index contributed by atoms with van der Waals surface area (Å²) in [4.78, 5) is 0. The maximum Gasteiger partial charge on any atom is 0.163 e. The normalized spacial score (nSPS) is 28.0. The van der Waals surface area contributed by atoms with E-state index >= 15 is 0 Å². The van der Waals surface area contributed by atoms with E-state index < -0.39 is 18.0 Å². The highest BCUT2D eigenvalue weighted by Gasteiger charge is 2.37. The molecule has 0 spiro atoms. The minimum atomic E-state index is -0.966. The molecule has 1 heterocycles. The third-order valence-electron chi connectivity index (χ3n) is 1.88. The number of hydrogen-bond acceptors (Lipinski definition) is 4. The van der Waals surface area contributed by atoms with Crippen molar-refractivity contribution in [3.05, 3.63) is 12.2 Å². The van der Waals surface area contributed by atoms with Crippen LogP contribution in [-0.4, -0.2) is 29.7 Å². The van der Waals surface area contributed by atoms with E-state index in [0.717, 1.165) is 0 Å². The molecule has 0 amide bonds. The molecule has 2 unspecified atom stereocenters. The Bertz CT molecular complexity index is 254. The van der Waals surface area contributed by atoms with Gasteiger partial charge in [0.25, 0.3) is 0 Å². The molecule has 2 atom stereocenters. The molecule has 0 saturated carbocycles. The monoisotopic (exact) mass is 183 g/mol. The van der Waals surface area contributed by atoms with Crippen LogP contribution >= 0.6 is 0 Å². The number of nitrogens with zero attached hydrogens (tertiary/aromatic N) is 1. The van der Waals surface area contributed by atoms with Crippen LogP contribution in [0.5, 0.6) is 0 Å². The molecular formula is C9H13NO3. The van der Waals surface area contributed by atoms with Crippen molar-refractivity contribution in [2.24, 2.45) is 0 Å². The summed E-state index contributed by atoms with van der Waals surface area (Å²) in [6, 6.07) is 1.79. The molecule has 1 N–H and O–H groups in total. The largest absolute Gasteiger partial charge is 0.385 e. The molecule has 0 aliphatic carbocycles. The zero-order chi connectivity index (χ0) is 10.1. The standard InChI is InChI=1S/C9H13NO3/c1-6(4-10)8(11)7-5-12-9(2,3)13-7/h7-8,11H,1,5H2,2-3H3. The lowest BCUT2D eigenvalue weighted by Gasteiger charge is -2.19. The van der Waals surface area contributed by atoms with Crippen LogP contribution in [-0.2, 0) is 9.47 Å². The van der Waals surface area contributed by atoms with Gasteiger partial charge < -0.3 is 14.6 Å². The molecule has 0 radical (unpaired) electrons. The van der Waals surface area contributed by atoms with Crippen LogP contribution in [0.25, 0.3) is 0 Å². The van der Waals surface area contributed by atoms with Crippen LogP contribution in [0.15, 0.2) is 12.2 Å². The summed E-state index contributed by atoms with van der Waals surface area (Å²) in [6.07, 6.45) is -1.45. The van der Waals surface area contributed by atoms with Crippen molar-refractivity contribution in [1.82, 2.24) is 0 Å². The van der Waals surface area contributed by atoms with Crippen LogP contribution in [0.1, 0.15) is 13.8 Å². The van der Waals surface area contributed by atoms with Crippen LogP contribution in [0, 0.1) is 11.3 Å². The maximum atomic E-state index is 9.52. The van der Waals surface area contributed by atoms with E-state index in [1.807, 2.05) is 0 Å². The Morgan fingerprint density at radius 2 is 2.38 bits per heavy atom. The summed E-state index contributed by atoms with van der Waals surface area (Å²) in [7, 11) is 0. The predicted octanol–water partition coefficient (Wildman–Crippen LogP) is 0.579. The van der Waals surface area contributed by atoms with Crippen molar-refractivity contribution >= 4 is 0 Å². The lowest BCUT2D eigenvalue weighted by molar-refractivity contribution is -0.147. The van der Waals surface area contributed by atoms with Gasteiger partial charge in [-0.1, -0.05) is 6.58 Å². The van der Waals surface area contributed by atoms with Gasteiger partial charge in [0.1, 0.15) is 12.2 Å². The number of nitriles is 1. The molecule has 72 valence electrons. The predicted molar refractivity (Wildman–Crippen MR) is 45.7 cm³/mol. The quantitative estimate of drug-likeness (QED) is 0.636. The van der Waals surface area contributed by atoms with Gasteiger partial charge in [-0.3, -0.25) is 0 Å². The first-order valence-corrected chi connectivity index (χ1v) is 4.05. The van der Waals surface area contributed by atoms with Gasteiger partial charge in [-0.15, -0.1) is 0 Å². The zero-order valence-corrected chi connectivity index (χ0v) is 7.78. The summed E-state index contributed by atoms with van der Waals surface area (Å²) in [5.41, 5.74) is 0.103. The van der Waals surface area contributed by atoms with E-state index in [2.05, 4.69) is 6.58 Å². The smallest absolute Gasteiger partial charge is 0.163 e. The summed E-state index contributed by atoms with van der Waals surface area (Å²) >= 11 is 0. The van der Waals surface area contributed by atoms with Crippen LogP contribution < -0.4 is 0 Å². The third kappa shape index (κ3) is 2.28. The number of aliphatic hydroxyl groups is 1. The summed E-state index contributed by atoms with van der Waals surface area (Å²) in [5, 5.41) is 18.0. The highest BCUT2D eigenvalue weighted by atomic mass is 16.7. The number of rotatable bonds is 2. The summed E-state index contributed by atoms with van der Waals surface area (Å²) < 4.78 is 10.6. The highest BCUT2D eigenvalue weighted by Crippen LogP contribution is 2.25. The zero-order valence-electron chi connectivity index (χ0n) is 7.78. The van der Waals surface area contributed by atoms with Crippen molar-refractivity contribution in [2.75, 3.05) is 6.61 Å². The molecule has 0 aromatic rings. The lowest BCUT2D eigenvalue weighted by Crippen LogP contribution is -2.31. The Balaban J connectivity index is 2.57. The van der Waals surface area contributed by atoms with Gasteiger partial charge in [0, 0.05) is 0 Å². The third-order valence-corrected chi connectivity index (χ3v) is 1.88. The van der Waals surface area contributed by atoms with E-state index in [1.165, 1.54) is 0 Å². The molecule has 1 rings (SSSR count). The minimum Gasteiger partial charge on any atom is -0.385 e. The minimum absolute atomic E-state index is 0.103. The first-order valence-electron chi connectivity index (χ1n) is 4.05. The van der Waals surface area contributed by atoms with E-state index in [0.29, 0.717) is 0 Å². The van der Waals surface area contributed by atoms with Gasteiger partial charge in [0.2, 0.25) is 0 Å². The van der Waals surface area contributed by atoms with Crippen LogP contribution in [0.2, 0.25) is 0 Å². The van der Waals surface area contributed by atoms with Gasteiger partial charge in [-0.2, -0.15) is 5.26 Å². The molecule has 4 heteroatoms. The van der Waals surface area contributed by atoms with Crippen LogP contribution in [0.4, 0.5) is 0 Å². The van der Waals surface area contributed by atoms with Crippen molar-refractivity contribution in [3.8, 4) is 6.07 Å². The molecule has 1 aliphatic rings. The Hall–Kier alpha value is -0.890. The van der Waals surface area contributed by atoms with Gasteiger partial charge in [-0.05, 0) is 13.8 Å². The average molecular weight is 183 g/mol. The van der Waals surface area contributed by atoms with Crippen molar-refractivity contribution in [2.45, 2.75) is 31.8 Å². The topological polar surface area (TPSA) is 62.5 Å². The second-order valence-electron chi connectivity index (χ2n) is 3.45. The fraction of sp³-hybridized carbons (Fsp3) is 0.667. The van der Waals surface area contributed by atoms with E-state index in [4.69, 9.17) is 14.7 Å². The van der Waals surface area contributed by atoms with Gasteiger partial charge >= 0.3 is 0 Å². The first kappa shape index (κ1) is 10.2. The first-order chi connectivity index (χ1) is 5.96. The van der Waals surface area contributed by atoms with Gasteiger partial charge in [0.15, 0.2) is 5.79 Å². The molecular weight excluding hydrogens is 170 g/mol. The molecule has 1 saturated heterocycles. The number of hydrogen-bond donors (Lipinski definition) is 1. The fourth-order valence-electron chi connectivity index (χ4n) is 1.16. The molecule has 1 aliphatic heterocycles. The molecule has 0 aromatic carbocycles. The Labute approximate surface area is 77.4 Å². The van der Waals surface area contributed by atoms with Crippen molar-refractivity contribution in [3.63, 3.8) is 0 Å². The van der Waals surface area contributed by atoms with Crippen LogP contribution in [0.3, 0.4) is 0 Å². The lowest BCUT2D eigenvalue weighted by atomic mass is 10.1. The van der Waals surface area contributed by atoms with E-state index in [-0.39, 0.29) is 12.2 Å². The number of ether oxygens (including phenoxy) is 2. The summed E-state index contributed by atoms with van der Waals surface area (Å²) in [5.74, 6) is -0.679. The van der Waals surface area contributed by atoms with E-state index in [9.17, 15) is 5.11 Å². The second-order valence-corrected chi connectivity index (χ2v) is 3.45. The molecule has 0 aromatic heterocycles. The SMILES string of the molecule is C=C(C#N)C(O)C1COC(C)(C)O1. The average Bonchev–Trinajstić information content (AvgIpc) is 2.43. The highest BCUT2D eigenvalue weighted by molar-refractivity contribution is 5.22. The Morgan fingerprint density at radius 1 is 1.77 bits per heavy atom. The molecule has 0 bridgehead atoms. The maximum absolute atomic E-state index is 9.52. The van der Waals surface area contributed by atoms with Crippen molar-refractivity contribution in [1.29, 1.82) is 5.26 Å². The van der Waals surface area contributed by atoms with Gasteiger partial charge in [0.05, 0.1) is 18.2 Å². The van der Waals surface area contributed by atoms with E-state index in [1.54, 1.807) is 19.9 Å². The summed E-state index contributed by atoms with van der Waals surface area (Å²) in [6.45, 7) is 7.22. The second kappa shape index (κ2) is 3.46. The molecule has 4 nitrogen and oxygen atoms in total.